The predicted molar refractivity (Wildman–Crippen MR) is 121 cm³/mol. The van der Waals surface area contributed by atoms with E-state index < -0.39 is 0 Å². The molecule has 2 aromatic rings. The fourth-order valence-corrected chi connectivity index (χ4v) is 5.84. The van der Waals surface area contributed by atoms with E-state index in [0.717, 1.165) is 49.6 Å². The third-order valence-electron chi connectivity index (χ3n) is 7.40. The lowest BCUT2D eigenvalue weighted by atomic mass is 9.76. The van der Waals surface area contributed by atoms with Gasteiger partial charge < -0.3 is 24.6 Å². The highest BCUT2D eigenvalue weighted by Gasteiger charge is 2.44. The van der Waals surface area contributed by atoms with E-state index in [4.69, 9.17) is 9.47 Å². The van der Waals surface area contributed by atoms with Gasteiger partial charge in [0.05, 0.1) is 5.56 Å². The fourth-order valence-electron chi connectivity index (χ4n) is 5.84. The van der Waals surface area contributed by atoms with Crippen LogP contribution in [-0.2, 0) is 11.3 Å². The molecular weight excluding hydrogens is 420 g/mol. The standard InChI is InChI=1S/C25H28N4O4/c30-24-3-1-2-20-19-8-17(13-29(20)24)12-28(14-19)23-7-5-18(11-26-23)25(31)27-10-16-4-6-21-22(9-16)33-15-32-21/h4-7,9,11,17,19-20H,1-3,8,10,12-15H2,(H,27,31)/t17?,19?,20-/m1/s1. The number of piperidine rings is 3. The van der Waals surface area contributed by atoms with E-state index in [1.54, 1.807) is 6.20 Å². The summed E-state index contributed by atoms with van der Waals surface area (Å²) in [5.41, 5.74) is 1.49. The Morgan fingerprint density at radius 3 is 2.91 bits per heavy atom. The topological polar surface area (TPSA) is 84.0 Å². The van der Waals surface area contributed by atoms with Gasteiger partial charge in [-0.15, -0.1) is 0 Å². The third-order valence-corrected chi connectivity index (χ3v) is 7.40. The van der Waals surface area contributed by atoms with Gasteiger partial charge in [0.1, 0.15) is 5.82 Å². The summed E-state index contributed by atoms with van der Waals surface area (Å²) in [5, 5.41) is 2.95. The highest BCUT2D eigenvalue weighted by Crippen LogP contribution is 2.39. The van der Waals surface area contributed by atoms with Crippen LogP contribution in [0, 0.1) is 11.8 Å². The first-order chi connectivity index (χ1) is 16.1. The Kier molecular flexibility index (Phi) is 5.08. The molecule has 33 heavy (non-hydrogen) atoms. The molecule has 1 aromatic carbocycles. The van der Waals surface area contributed by atoms with Gasteiger partial charge in [-0.25, -0.2) is 4.98 Å². The van der Waals surface area contributed by atoms with Crippen LogP contribution in [0.15, 0.2) is 36.5 Å². The largest absolute Gasteiger partial charge is 0.454 e. The number of nitrogens with one attached hydrogen (secondary N) is 1. The van der Waals surface area contributed by atoms with Crippen LogP contribution in [0.25, 0.3) is 0 Å². The van der Waals surface area contributed by atoms with Crippen molar-refractivity contribution in [3.63, 3.8) is 0 Å². The fraction of sp³-hybridized carbons (Fsp3) is 0.480. The molecule has 8 heteroatoms. The van der Waals surface area contributed by atoms with E-state index in [0.29, 0.717) is 48.1 Å². The molecule has 2 amide bonds. The van der Waals surface area contributed by atoms with Crippen LogP contribution in [0.3, 0.4) is 0 Å². The molecule has 0 spiro atoms. The molecule has 2 bridgehead atoms. The summed E-state index contributed by atoms with van der Waals surface area (Å²) in [6.45, 7) is 3.35. The molecule has 6 rings (SSSR count). The van der Waals surface area contributed by atoms with Crippen molar-refractivity contribution in [2.24, 2.45) is 11.8 Å². The smallest absolute Gasteiger partial charge is 0.253 e. The summed E-state index contributed by atoms with van der Waals surface area (Å²) in [7, 11) is 0. The monoisotopic (exact) mass is 448 g/mol. The molecule has 1 aromatic heterocycles. The minimum absolute atomic E-state index is 0.154. The number of carbonyl (C=O) groups is 2. The van der Waals surface area contributed by atoms with Gasteiger partial charge >= 0.3 is 0 Å². The molecule has 1 N–H and O–H groups in total. The molecule has 0 radical (unpaired) electrons. The quantitative estimate of drug-likeness (QED) is 0.774. The van der Waals surface area contributed by atoms with Crippen molar-refractivity contribution in [3.05, 3.63) is 47.7 Å². The van der Waals surface area contributed by atoms with Gasteiger partial charge in [-0.1, -0.05) is 6.07 Å². The summed E-state index contributed by atoms with van der Waals surface area (Å²) in [6.07, 6.45) is 5.69. The number of anilines is 1. The molecule has 3 atom stereocenters. The Hall–Kier alpha value is -3.29. The van der Waals surface area contributed by atoms with Gasteiger partial charge in [-0.05, 0) is 60.9 Å². The summed E-state index contributed by atoms with van der Waals surface area (Å²) < 4.78 is 10.7. The van der Waals surface area contributed by atoms with E-state index in [2.05, 4.69) is 20.1 Å². The highest BCUT2D eigenvalue weighted by molar-refractivity contribution is 5.94. The zero-order valence-electron chi connectivity index (χ0n) is 18.5. The number of fused-ring (bicyclic) bond motifs is 5. The lowest BCUT2D eigenvalue weighted by Gasteiger charge is -2.52. The molecule has 4 aliphatic heterocycles. The van der Waals surface area contributed by atoms with Crippen LogP contribution in [0.2, 0.25) is 0 Å². The molecule has 4 aliphatic rings. The van der Waals surface area contributed by atoms with Crippen molar-refractivity contribution in [2.45, 2.75) is 38.3 Å². The van der Waals surface area contributed by atoms with Crippen molar-refractivity contribution in [1.82, 2.24) is 15.2 Å². The maximum absolute atomic E-state index is 12.6. The van der Waals surface area contributed by atoms with Crippen molar-refractivity contribution in [3.8, 4) is 11.5 Å². The van der Waals surface area contributed by atoms with Crippen molar-refractivity contribution in [1.29, 1.82) is 0 Å². The maximum Gasteiger partial charge on any atom is 0.253 e. The molecule has 0 aliphatic carbocycles. The lowest BCUT2D eigenvalue weighted by Crippen LogP contribution is -2.60. The van der Waals surface area contributed by atoms with E-state index >= 15 is 0 Å². The zero-order chi connectivity index (χ0) is 22.4. The van der Waals surface area contributed by atoms with Crippen LogP contribution in [0.5, 0.6) is 11.5 Å². The SMILES string of the molecule is O=C(NCc1ccc2c(c1)OCO2)c1ccc(N2CC3CC(C2)[C@H]2CCCC(=O)N2C3)nc1. The number of aromatic nitrogens is 1. The predicted octanol–water partition coefficient (Wildman–Crippen LogP) is 2.58. The summed E-state index contributed by atoms with van der Waals surface area (Å²) in [6, 6.07) is 9.84. The van der Waals surface area contributed by atoms with Crippen LogP contribution >= 0.6 is 0 Å². The maximum atomic E-state index is 12.6. The van der Waals surface area contributed by atoms with Gasteiger partial charge in [0.2, 0.25) is 12.7 Å². The number of nitrogens with zero attached hydrogens (tertiary/aromatic N) is 3. The number of pyridine rings is 1. The summed E-state index contributed by atoms with van der Waals surface area (Å²) in [4.78, 5) is 34.1. The van der Waals surface area contributed by atoms with Crippen LogP contribution in [-0.4, -0.2) is 54.2 Å². The molecule has 0 saturated carbocycles. The molecule has 172 valence electrons. The zero-order valence-corrected chi connectivity index (χ0v) is 18.5. The number of benzene rings is 1. The average molecular weight is 449 g/mol. The van der Waals surface area contributed by atoms with E-state index in [-0.39, 0.29) is 12.7 Å². The van der Waals surface area contributed by atoms with Crippen molar-refractivity contribution >= 4 is 17.6 Å². The van der Waals surface area contributed by atoms with Gasteiger partial charge in [0, 0.05) is 44.8 Å². The second kappa shape index (κ2) is 8.24. The van der Waals surface area contributed by atoms with E-state index in [1.807, 2.05) is 30.3 Å². The lowest BCUT2D eigenvalue weighted by molar-refractivity contribution is -0.142. The minimum atomic E-state index is -0.154. The van der Waals surface area contributed by atoms with E-state index in [9.17, 15) is 9.59 Å². The second-order valence-electron chi connectivity index (χ2n) is 9.55. The van der Waals surface area contributed by atoms with Crippen molar-refractivity contribution < 1.29 is 19.1 Å². The highest BCUT2D eigenvalue weighted by atomic mass is 16.7. The summed E-state index contributed by atoms with van der Waals surface area (Å²) in [5.74, 6) is 3.53. The van der Waals surface area contributed by atoms with Gasteiger partial charge in [-0.3, -0.25) is 9.59 Å². The Balaban J connectivity index is 1.08. The number of hydrogen-bond donors (Lipinski definition) is 1. The Bertz CT molecular complexity index is 1070. The number of hydrogen-bond acceptors (Lipinski definition) is 6. The first-order valence-electron chi connectivity index (χ1n) is 11.8. The van der Waals surface area contributed by atoms with Crippen LogP contribution < -0.4 is 19.7 Å². The third kappa shape index (κ3) is 3.87. The molecule has 8 nitrogen and oxygen atoms in total. The molecular formula is C25H28N4O4. The number of amides is 2. The first kappa shape index (κ1) is 20.3. The molecule has 3 saturated heterocycles. The Morgan fingerprint density at radius 2 is 2.03 bits per heavy atom. The number of rotatable bonds is 4. The molecule has 5 heterocycles. The van der Waals surface area contributed by atoms with Gasteiger partial charge in [0.25, 0.3) is 5.91 Å². The molecule has 2 unspecified atom stereocenters. The number of carbonyl (C=O) groups excluding carboxylic acids is 2. The normalized spacial score (nSPS) is 25.6. The summed E-state index contributed by atoms with van der Waals surface area (Å²) >= 11 is 0. The number of ether oxygens (including phenoxy) is 2. The Labute approximate surface area is 192 Å². The van der Waals surface area contributed by atoms with Gasteiger partial charge in [-0.2, -0.15) is 0 Å². The second-order valence-corrected chi connectivity index (χ2v) is 9.55. The van der Waals surface area contributed by atoms with E-state index in [1.165, 1.54) is 6.42 Å². The van der Waals surface area contributed by atoms with Gasteiger partial charge in [0.15, 0.2) is 11.5 Å². The van der Waals surface area contributed by atoms with Crippen LogP contribution in [0.1, 0.15) is 41.6 Å². The molecule has 3 fully saturated rings. The first-order valence-corrected chi connectivity index (χ1v) is 11.8. The van der Waals surface area contributed by atoms with Crippen LogP contribution in [0.4, 0.5) is 5.82 Å². The average Bonchev–Trinajstić information content (AvgIpc) is 3.31. The minimum Gasteiger partial charge on any atom is -0.454 e. The van der Waals surface area contributed by atoms with Crippen molar-refractivity contribution in [2.75, 3.05) is 31.3 Å². The Morgan fingerprint density at radius 1 is 1.12 bits per heavy atom.